The number of carbonyl (C=O) groups excluding carboxylic acids is 2. The summed E-state index contributed by atoms with van der Waals surface area (Å²) in [6, 6.07) is 9.70. The molecule has 3 aliphatic carbocycles. The van der Waals surface area contributed by atoms with Gasteiger partial charge in [-0.15, -0.1) is 0 Å². The maximum atomic E-state index is 12.5. The molecule has 0 N–H and O–H groups in total. The van der Waals surface area contributed by atoms with Crippen LogP contribution in [-0.2, 0) is 20.9 Å². The molecule has 4 heteroatoms. The highest BCUT2D eigenvalue weighted by molar-refractivity contribution is 6.64. The Balaban J connectivity index is 1.63. The zero-order chi connectivity index (χ0) is 14.9. The summed E-state index contributed by atoms with van der Waals surface area (Å²) in [5, 5.41) is -0.228. The SMILES string of the molecule is O=C(Cl)C12CCC(C(=O)OCc3ccccc3)(CC1)CC2. The summed E-state index contributed by atoms with van der Waals surface area (Å²) in [7, 11) is 0. The van der Waals surface area contributed by atoms with Gasteiger partial charge in [0.1, 0.15) is 6.61 Å². The first kappa shape index (κ1) is 14.6. The molecule has 0 atom stereocenters. The third-order valence-corrected chi connectivity index (χ3v) is 5.71. The number of carbonyl (C=O) groups is 2. The van der Waals surface area contributed by atoms with Crippen molar-refractivity contribution in [1.29, 1.82) is 0 Å². The Morgan fingerprint density at radius 1 is 0.952 bits per heavy atom. The fourth-order valence-corrected chi connectivity index (χ4v) is 3.95. The summed E-state index contributed by atoms with van der Waals surface area (Å²) in [5.41, 5.74) is 0.241. The van der Waals surface area contributed by atoms with E-state index in [1.54, 1.807) is 0 Å². The van der Waals surface area contributed by atoms with Crippen LogP contribution < -0.4 is 0 Å². The van der Waals surface area contributed by atoms with Crippen LogP contribution in [0.2, 0.25) is 0 Å². The number of rotatable bonds is 4. The summed E-state index contributed by atoms with van der Waals surface area (Å²) >= 11 is 5.75. The van der Waals surface area contributed by atoms with Crippen molar-refractivity contribution < 1.29 is 14.3 Å². The second-order valence-electron chi connectivity index (χ2n) is 6.40. The van der Waals surface area contributed by atoms with Gasteiger partial charge in [-0.1, -0.05) is 30.3 Å². The Morgan fingerprint density at radius 3 is 2.00 bits per heavy atom. The van der Waals surface area contributed by atoms with Gasteiger partial charge in [-0.05, 0) is 55.7 Å². The number of fused-ring (bicyclic) bond motifs is 3. The standard InChI is InChI=1S/C17H19ClO3/c18-14(19)16-6-9-17(10-7-16,11-8-16)15(20)21-12-13-4-2-1-3-5-13/h1-5H,6-12H2. The van der Waals surface area contributed by atoms with E-state index in [-0.39, 0.29) is 22.0 Å². The van der Waals surface area contributed by atoms with Gasteiger partial charge >= 0.3 is 5.97 Å². The molecule has 0 saturated heterocycles. The van der Waals surface area contributed by atoms with E-state index in [0.717, 1.165) is 44.1 Å². The zero-order valence-corrected chi connectivity index (χ0v) is 12.7. The Morgan fingerprint density at radius 2 is 1.48 bits per heavy atom. The Labute approximate surface area is 129 Å². The van der Waals surface area contributed by atoms with Crippen molar-refractivity contribution >= 4 is 22.8 Å². The molecule has 0 unspecified atom stereocenters. The summed E-state index contributed by atoms with van der Waals surface area (Å²) < 4.78 is 5.52. The Bertz CT molecular complexity index is 528. The minimum atomic E-state index is -0.386. The topological polar surface area (TPSA) is 43.4 Å². The van der Waals surface area contributed by atoms with Crippen molar-refractivity contribution in [2.24, 2.45) is 10.8 Å². The van der Waals surface area contributed by atoms with Gasteiger partial charge in [0.05, 0.1) is 5.41 Å². The lowest BCUT2D eigenvalue weighted by Gasteiger charge is -2.49. The van der Waals surface area contributed by atoms with Gasteiger partial charge in [0.15, 0.2) is 0 Å². The van der Waals surface area contributed by atoms with Crippen LogP contribution in [0.1, 0.15) is 44.1 Å². The number of ether oxygens (including phenoxy) is 1. The van der Waals surface area contributed by atoms with E-state index in [2.05, 4.69) is 0 Å². The number of halogens is 1. The molecule has 3 nitrogen and oxygen atoms in total. The van der Waals surface area contributed by atoms with Crippen LogP contribution >= 0.6 is 11.6 Å². The van der Waals surface area contributed by atoms with Crippen molar-refractivity contribution in [3.05, 3.63) is 35.9 Å². The van der Waals surface area contributed by atoms with Gasteiger partial charge in [-0.25, -0.2) is 0 Å². The first-order chi connectivity index (χ1) is 10.1. The molecular formula is C17H19ClO3. The van der Waals surface area contributed by atoms with E-state index in [0.29, 0.717) is 6.61 Å². The van der Waals surface area contributed by atoms with Crippen LogP contribution in [0.4, 0.5) is 0 Å². The molecule has 112 valence electrons. The van der Waals surface area contributed by atoms with Crippen molar-refractivity contribution in [2.75, 3.05) is 0 Å². The van der Waals surface area contributed by atoms with E-state index in [4.69, 9.17) is 16.3 Å². The predicted molar refractivity (Wildman–Crippen MR) is 79.7 cm³/mol. The van der Waals surface area contributed by atoms with Crippen molar-refractivity contribution in [3.8, 4) is 0 Å². The van der Waals surface area contributed by atoms with Crippen LogP contribution in [-0.4, -0.2) is 11.2 Å². The fraction of sp³-hybridized carbons (Fsp3) is 0.529. The predicted octanol–water partition coefficient (Wildman–Crippen LogP) is 3.84. The molecule has 0 spiro atoms. The summed E-state index contributed by atoms with van der Waals surface area (Å²) in [4.78, 5) is 24.1. The largest absolute Gasteiger partial charge is 0.460 e. The summed E-state index contributed by atoms with van der Waals surface area (Å²) in [6.07, 6.45) is 4.32. The third kappa shape index (κ3) is 2.59. The average Bonchev–Trinajstić information content (AvgIpc) is 2.55. The van der Waals surface area contributed by atoms with Crippen molar-refractivity contribution in [3.63, 3.8) is 0 Å². The van der Waals surface area contributed by atoms with E-state index in [9.17, 15) is 9.59 Å². The molecular weight excluding hydrogens is 288 g/mol. The third-order valence-electron chi connectivity index (χ3n) is 5.31. The second-order valence-corrected chi connectivity index (χ2v) is 6.74. The number of hydrogen-bond acceptors (Lipinski definition) is 3. The molecule has 2 bridgehead atoms. The molecule has 4 rings (SSSR count). The molecule has 0 aliphatic heterocycles. The number of esters is 1. The minimum Gasteiger partial charge on any atom is -0.460 e. The lowest BCUT2D eigenvalue weighted by molar-refractivity contribution is -0.168. The average molecular weight is 307 g/mol. The molecule has 1 aromatic rings. The molecule has 1 aromatic carbocycles. The van der Waals surface area contributed by atoms with Crippen LogP contribution in [0.3, 0.4) is 0 Å². The fourth-order valence-electron chi connectivity index (χ4n) is 3.66. The Hall–Kier alpha value is -1.35. The molecule has 3 fully saturated rings. The van der Waals surface area contributed by atoms with Crippen LogP contribution in [0, 0.1) is 10.8 Å². The van der Waals surface area contributed by atoms with Crippen molar-refractivity contribution in [2.45, 2.75) is 45.1 Å². The first-order valence-electron chi connectivity index (χ1n) is 7.48. The monoisotopic (exact) mass is 306 g/mol. The highest BCUT2D eigenvalue weighted by Crippen LogP contribution is 2.58. The zero-order valence-electron chi connectivity index (χ0n) is 11.9. The molecule has 0 radical (unpaired) electrons. The maximum absolute atomic E-state index is 12.5. The van der Waals surface area contributed by atoms with Crippen molar-refractivity contribution in [1.82, 2.24) is 0 Å². The van der Waals surface area contributed by atoms with E-state index in [1.807, 2.05) is 30.3 Å². The second kappa shape index (κ2) is 5.45. The minimum absolute atomic E-state index is 0.110. The van der Waals surface area contributed by atoms with Gasteiger partial charge in [0.2, 0.25) is 5.24 Å². The molecule has 0 amide bonds. The van der Waals surface area contributed by atoms with Gasteiger partial charge in [0.25, 0.3) is 0 Å². The van der Waals surface area contributed by atoms with Gasteiger partial charge in [-0.3, -0.25) is 9.59 Å². The smallest absolute Gasteiger partial charge is 0.312 e. The molecule has 0 heterocycles. The lowest BCUT2D eigenvalue weighted by atomic mass is 9.54. The van der Waals surface area contributed by atoms with E-state index in [1.165, 1.54) is 0 Å². The molecule has 21 heavy (non-hydrogen) atoms. The lowest BCUT2D eigenvalue weighted by Crippen LogP contribution is -2.48. The highest BCUT2D eigenvalue weighted by Gasteiger charge is 2.55. The quantitative estimate of drug-likeness (QED) is 0.627. The van der Waals surface area contributed by atoms with Gasteiger partial charge < -0.3 is 4.74 Å². The maximum Gasteiger partial charge on any atom is 0.312 e. The van der Waals surface area contributed by atoms with Crippen LogP contribution in [0.25, 0.3) is 0 Å². The number of benzene rings is 1. The Kier molecular flexibility index (Phi) is 3.78. The molecule has 0 aromatic heterocycles. The van der Waals surface area contributed by atoms with E-state index >= 15 is 0 Å². The highest BCUT2D eigenvalue weighted by atomic mass is 35.5. The van der Waals surface area contributed by atoms with Gasteiger partial charge in [-0.2, -0.15) is 0 Å². The number of hydrogen-bond donors (Lipinski definition) is 0. The van der Waals surface area contributed by atoms with Crippen LogP contribution in [0.5, 0.6) is 0 Å². The summed E-state index contributed by atoms with van der Waals surface area (Å²) in [5.74, 6) is -0.110. The molecule has 3 saturated carbocycles. The summed E-state index contributed by atoms with van der Waals surface area (Å²) in [6.45, 7) is 0.320. The van der Waals surface area contributed by atoms with Crippen LogP contribution in [0.15, 0.2) is 30.3 Å². The van der Waals surface area contributed by atoms with E-state index < -0.39 is 0 Å². The first-order valence-corrected chi connectivity index (χ1v) is 7.85. The molecule has 3 aliphatic rings. The normalized spacial score (nSPS) is 30.9. The van der Waals surface area contributed by atoms with Gasteiger partial charge in [0, 0.05) is 5.41 Å².